The van der Waals surface area contributed by atoms with Crippen molar-refractivity contribution in [2.24, 2.45) is 5.92 Å². The van der Waals surface area contributed by atoms with E-state index in [2.05, 4.69) is 34.4 Å². The van der Waals surface area contributed by atoms with E-state index in [1.165, 1.54) is 6.42 Å². The zero-order valence-electron chi connectivity index (χ0n) is 10.0. The number of rotatable bonds is 6. The molecule has 0 aliphatic heterocycles. The van der Waals surface area contributed by atoms with Crippen LogP contribution in [0.15, 0.2) is 6.20 Å². The molecule has 1 rings (SSSR count). The molecule has 16 heavy (non-hydrogen) atoms. The van der Waals surface area contributed by atoms with Crippen molar-refractivity contribution in [2.75, 3.05) is 24.2 Å². The molecule has 0 aromatic carbocycles. The van der Waals surface area contributed by atoms with E-state index in [0.717, 1.165) is 18.9 Å². The van der Waals surface area contributed by atoms with Gasteiger partial charge in [-0.15, -0.1) is 0 Å². The summed E-state index contributed by atoms with van der Waals surface area (Å²) in [6.45, 7) is 5.33. The summed E-state index contributed by atoms with van der Waals surface area (Å²) in [7, 11) is 1.78. The third-order valence-electron chi connectivity index (χ3n) is 2.22. The standard InChI is InChI=1S/C11H19ClN4/c1-8(2)5-4-6-14-10-9(12)7-15-11(13-3)16-10/h7-8H,4-6H2,1-3H3,(H2,13,14,15,16). The monoisotopic (exact) mass is 242 g/mol. The van der Waals surface area contributed by atoms with Gasteiger partial charge in [0, 0.05) is 13.6 Å². The van der Waals surface area contributed by atoms with Gasteiger partial charge in [0.15, 0.2) is 0 Å². The minimum absolute atomic E-state index is 0.559. The van der Waals surface area contributed by atoms with Gasteiger partial charge in [-0.05, 0) is 18.8 Å². The highest BCUT2D eigenvalue weighted by Crippen LogP contribution is 2.19. The Morgan fingerprint density at radius 3 is 2.81 bits per heavy atom. The first-order chi connectivity index (χ1) is 7.63. The van der Waals surface area contributed by atoms with Crippen LogP contribution in [0.3, 0.4) is 0 Å². The van der Waals surface area contributed by atoms with E-state index in [0.29, 0.717) is 16.8 Å². The lowest BCUT2D eigenvalue weighted by molar-refractivity contribution is 0.566. The van der Waals surface area contributed by atoms with Crippen LogP contribution in [0.2, 0.25) is 5.02 Å². The molecule has 0 atom stereocenters. The maximum Gasteiger partial charge on any atom is 0.224 e. The molecular formula is C11H19ClN4. The molecule has 0 unspecified atom stereocenters. The van der Waals surface area contributed by atoms with Crippen LogP contribution in [0.5, 0.6) is 0 Å². The van der Waals surface area contributed by atoms with E-state index in [4.69, 9.17) is 11.6 Å². The van der Waals surface area contributed by atoms with Crippen LogP contribution >= 0.6 is 11.6 Å². The summed E-state index contributed by atoms with van der Waals surface area (Å²) < 4.78 is 0. The Kier molecular flexibility index (Phi) is 5.32. The summed E-state index contributed by atoms with van der Waals surface area (Å²) in [5.41, 5.74) is 0. The quantitative estimate of drug-likeness (QED) is 0.753. The Bertz CT molecular complexity index is 328. The third kappa shape index (κ3) is 4.23. The van der Waals surface area contributed by atoms with Gasteiger partial charge in [0.25, 0.3) is 0 Å². The van der Waals surface area contributed by atoms with E-state index < -0.39 is 0 Å². The van der Waals surface area contributed by atoms with Crippen molar-refractivity contribution < 1.29 is 0 Å². The normalized spacial score (nSPS) is 10.6. The molecule has 1 heterocycles. The predicted molar refractivity (Wildman–Crippen MR) is 69.2 cm³/mol. The average molecular weight is 243 g/mol. The minimum atomic E-state index is 0.559. The number of aromatic nitrogens is 2. The second-order valence-corrected chi connectivity index (χ2v) is 4.51. The molecule has 0 radical (unpaired) electrons. The fourth-order valence-electron chi connectivity index (χ4n) is 1.33. The number of hydrogen-bond donors (Lipinski definition) is 2. The summed E-state index contributed by atoms with van der Waals surface area (Å²) in [6.07, 6.45) is 3.92. The second-order valence-electron chi connectivity index (χ2n) is 4.10. The average Bonchev–Trinajstić information content (AvgIpc) is 2.26. The van der Waals surface area contributed by atoms with Crippen molar-refractivity contribution in [1.82, 2.24) is 9.97 Å². The van der Waals surface area contributed by atoms with E-state index >= 15 is 0 Å². The highest BCUT2D eigenvalue weighted by atomic mass is 35.5. The summed E-state index contributed by atoms with van der Waals surface area (Å²) in [5, 5.41) is 6.66. The first-order valence-corrected chi connectivity index (χ1v) is 5.95. The largest absolute Gasteiger partial charge is 0.369 e. The van der Waals surface area contributed by atoms with Crippen molar-refractivity contribution in [3.63, 3.8) is 0 Å². The Labute approximate surface area is 102 Å². The van der Waals surface area contributed by atoms with E-state index in [-0.39, 0.29) is 0 Å². The number of nitrogens with one attached hydrogen (secondary N) is 2. The van der Waals surface area contributed by atoms with Crippen molar-refractivity contribution in [1.29, 1.82) is 0 Å². The highest BCUT2D eigenvalue weighted by Gasteiger charge is 2.03. The lowest BCUT2D eigenvalue weighted by Gasteiger charge is -2.09. The molecule has 5 heteroatoms. The molecule has 0 amide bonds. The van der Waals surface area contributed by atoms with Gasteiger partial charge in [-0.1, -0.05) is 25.4 Å². The molecule has 90 valence electrons. The van der Waals surface area contributed by atoms with Crippen molar-refractivity contribution in [3.05, 3.63) is 11.2 Å². The third-order valence-corrected chi connectivity index (χ3v) is 2.50. The molecule has 2 N–H and O–H groups in total. The van der Waals surface area contributed by atoms with Crippen LogP contribution in [0.4, 0.5) is 11.8 Å². The van der Waals surface area contributed by atoms with Gasteiger partial charge in [0.05, 0.1) is 6.20 Å². The summed E-state index contributed by atoms with van der Waals surface area (Å²) in [6, 6.07) is 0. The second kappa shape index (κ2) is 6.53. The first kappa shape index (κ1) is 13.0. The van der Waals surface area contributed by atoms with Crippen LogP contribution in [0.1, 0.15) is 26.7 Å². The molecule has 1 aromatic heterocycles. The smallest absolute Gasteiger partial charge is 0.224 e. The highest BCUT2D eigenvalue weighted by molar-refractivity contribution is 6.32. The van der Waals surface area contributed by atoms with Gasteiger partial charge in [0.1, 0.15) is 10.8 Å². The molecule has 0 aliphatic carbocycles. The maximum absolute atomic E-state index is 5.98. The number of hydrogen-bond acceptors (Lipinski definition) is 4. The van der Waals surface area contributed by atoms with Crippen molar-refractivity contribution in [2.45, 2.75) is 26.7 Å². The topological polar surface area (TPSA) is 49.8 Å². The van der Waals surface area contributed by atoms with Crippen LogP contribution in [-0.4, -0.2) is 23.6 Å². The van der Waals surface area contributed by atoms with Gasteiger partial charge >= 0.3 is 0 Å². The Balaban J connectivity index is 2.46. The van der Waals surface area contributed by atoms with Crippen molar-refractivity contribution >= 4 is 23.4 Å². The van der Waals surface area contributed by atoms with Crippen LogP contribution < -0.4 is 10.6 Å². The maximum atomic E-state index is 5.98. The summed E-state index contributed by atoms with van der Waals surface area (Å²) in [4.78, 5) is 8.26. The lowest BCUT2D eigenvalue weighted by Crippen LogP contribution is -2.07. The predicted octanol–water partition coefficient (Wildman–Crippen LogP) is 3.02. The lowest BCUT2D eigenvalue weighted by atomic mass is 10.1. The van der Waals surface area contributed by atoms with Crippen LogP contribution in [0, 0.1) is 5.92 Å². The van der Waals surface area contributed by atoms with E-state index in [9.17, 15) is 0 Å². The van der Waals surface area contributed by atoms with Gasteiger partial charge in [-0.3, -0.25) is 0 Å². The van der Waals surface area contributed by atoms with E-state index in [1.807, 2.05) is 0 Å². The molecule has 4 nitrogen and oxygen atoms in total. The Morgan fingerprint density at radius 2 is 2.19 bits per heavy atom. The Hall–Kier alpha value is -1.03. The number of halogens is 1. The fourth-order valence-corrected chi connectivity index (χ4v) is 1.49. The van der Waals surface area contributed by atoms with Gasteiger partial charge in [-0.2, -0.15) is 4.98 Å². The van der Waals surface area contributed by atoms with Gasteiger partial charge < -0.3 is 10.6 Å². The molecule has 0 saturated carbocycles. The molecular weight excluding hydrogens is 224 g/mol. The number of nitrogens with zero attached hydrogens (tertiary/aromatic N) is 2. The zero-order chi connectivity index (χ0) is 12.0. The molecule has 0 saturated heterocycles. The number of anilines is 2. The molecule has 0 aliphatic rings. The fraction of sp³-hybridized carbons (Fsp3) is 0.636. The van der Waals surface area contributed by atoms with E-state index in [1.54, 1.807) is 13.2 Å². The van der Waals surface area contributed by atoms with Crippen molar-refractivity contribution in [3.8, 4) is 0 Å². The summed E-state index contributed by atoms with van der Waals surface area (Å²) in [5.74, 6) is 2.01. The van der Waals surface area contributed by atoms with Gasteiger partial charge in [0.2, 0.25) is 5.95 Å². The zero-order valence-corrected chi connectivity index (χ0v) is 10.8. The molecule has 0 bridgehead atoms. The van der Waals surface area contributed by atoms with Crippen LogP contribution in [-0.2, 0) is 0 Å². The minimum Gasteiger partial charge on any atom is -0.369 e. The Morgan fingerprint density at radius 1 is 1.44 bits per heavy atom. The summed E-state index contributed by atoms with van der Waals surface area (Å²) >= 11 is 5.98. The molecule has 0 spiro atoms. The molecule has 1 aromatic rings. The first-order valence-electron chi connectivity index (χ1n) is 5.57. The van der Waals surface area contributed by atoms with Crippen LogP contribution in [0.25, 0.3) is 0 Å². The SMILES string of the molecule is CNc1ncc(Cl)c(NCCCC(C)C)n1. The molecule has 0 fully saturated rings. The van der Waals surface area contributed by atoms with Gasteiger partial charge in [-0.25, -0.2) is 4.98 Å².